The minimum Gasteiger partial charge on any atom is -0.492 e. The van der Waals surface area contributed by atoms with Crippen LogP contribution in [0.2, 0.25) is 5.02 Å². The number of nitrogens with one attached hydrogen (secondary N) is 1. The van der Waals surface area contributed by atoms with Crippen molar-refractivity contribution in [3.8, 4) is 5.75 Å². The molecule has 0 spiro atoms. The number of hydrogen-bond acceptors (Lipinski definition) is 2. The molecule has 0 radical (unpaired) electrons. The number of quaternary nitrogens is 1. The maximum absolute atomic E-state index is 12.1. The average molecular weight is 334 g/mol. The normalized spacial score (nSPS) is 11.8. The van der Waals surface area contributed by atoms with Crippen LogP contribution in [0.1, 0.15) is 25.5 Å². The predicted molar refractivity (Wildman–Crippen MR) is 92.9 cm³/mol. The quantitative estimate of drug-likeness (QED) is 0.818. The Morgan fingerprint density at radius 1 is 1.26 bits per heavy atom. The van der Waals surface area contributed by atoms with E-state index >= 15 is 0 Å². The molecule has 3 N–H and O–H groups in total. The topological polar surface area (TPSA) is 54.9 Å². The van der Waals surface area contributed by atoms with Crippen molar-refractivity contribution in [2.75, 3.05) is 18.5 Å². The lowest BCUT2D eigenvalue weighted by Gasteiger charge is -2.13. The predicted octanol–water partition coefficient (Wildman–Crippen LogP) is 3.00. The van der Waals surface area contributed by atoms with Gasteiger partial charge in [0, 0.05) is 10.6 Å². The number of benzene rings is 2. The molecule has 1 amide bonds. The second kappa shape index (κ2) is 8.56. The lowest BCUT2D eigenvalue weighted by Crippen LogP contribution is -2.86. The van der Waals surface area contributed by atoms with E-state index in [0.717, 1.165) is 5.56 Å². The fourth-order valence-electron chi connectivity index (χ4n) is 2.26. The van der Waals surface area contributed by atoms with Crippen LogP contribution in [0, 0.1) is 0 Å². The summed E-state index contributed by atoms with van der Waals surface area (Å²) in [6, 6.07) is 15.3. The van der Waals surface area contributed by atoms with E-state index in [0.29, 0.717) is 29.6 Å². The molecule has 23 heavy (non-hydrogen) atoms. The van der Waals surface area contributed by atoms with Crippen LogP contribution in [0.3, 0.4) is 0 Å². The summed E-state index contributed by atoms with van der Waals surface area (Å²) >= 11 is 6.00. The zero-order valence-electron chi connectivity index (χ0n) is 13.4. The van der Waals surface area contributed by atoms with Crippen LogP contribution in [-0.2, 0) is 4.79 Å². The minimum absolute atomic E-state index is 0.0639. The SMILES string of the molecule is CCOc1ccccc1NC(=O)C[NH2+][C@@H](C)c1cccc(Cl)c1. The van der Waals surface area contributed by atoms with Crippen molar-refractivity contribution in [3.05, 3.63) is 59.1 Å². The van der Waals surface area contributed by atoms with Crippen LogP contribution in [-0.4, -0.2) is 19.1 Å². The highest BCUT2D eigenvalue weighted by atomic mass is 35.5. The fourth-order valence-corrected chi connectivity index (χ4v) is 2.46. The van der Waals surface area contributed by atoms with Crippen molar-refractivity contribution in [3.63, 3.8) is 0 Å². The Kier molecular flexibility index (Phi) is 6.44. The maximum atomic E-state index is 12.1. The van der Waals surface area contributed by atoms with Gasteiger partial charge in [0.15, 0.2) is 6.54 Å². The number of ether oxygens (including phenoxy) is 1. The van der Waals surface area contributed by atoms with Gasteiger partial charge in [0.2, 0.25) is 0 Å². The first-order chi connectivity index (χ1) is 11.1. The second-order valence-electron chi connectivity index (χ2n) is 5.26. The largest absolute Gasteiger partial charge is 0.492 e. The lowest BCUT2D eigenvalue weighted by atomic mass is 10.1. The summed E-state index contributed by atoms with van der Waals surface area (Å²) in [5.74, 6) is 0.622. The molecule has 0 saturated carbocycles. The Labute approximate surface area is 141 Å². The molecule has 0 unspecified atom stereocenters. The molecule has 0 aliphatic carbocycles. The summed E-state index contributed by atoms with van der Waals surface area (Å²) in [4.78, 5) is 12.1. The summed E-state index contributed by atoms with van der Waals surface area (Å²) in [5, 5.41) is 5.58. The number of carbonyl (C=O) groups excluding carboxylic acids is 1. The van der Waals surface area contributed by atoms with Crippen LogP contribution in [0.5, 0.6) is 5.75 Å². The van der Waals surface area contributed by atoms with Gasteiger partial charge in [0.1, 0.15) is 11.8 Å². The standard InChI is InChI=1S/C18H21ClN2O2/c1-3-23-17-10-5-4-9-16(17)21-18(22)12-20-13(2)14-7-6-8-15(19)11-14/h4-11,13,20H,3,12H2,1-2H3,(H,21,22)/p+1/t13-/m0/s1. The van der Waals surface area contributed by atoms with Gasteiger partial charge in [-0.15, -0.1) is 0 Å². The molecular weight excluding hydrogens is 312 g/mol. The van der Waals surface area contributed by atoms with Crippen molar-refractivity contribution in [2.24, 2.45) is 0 Å². The molecule has 2 aromatic rings. The van der Waals surface area contributed by atoms with Gasteiger partial charge < -0.3 is 15.4 Å². The first kappa shape index (κ1) is 17.3. The van der Waals surface area contributed by atoms with Gasteiger partial charge in [-0.1, -0.05) is 35.9 Å². The van der Waals surface area contributed by atoms with Crippen LogP contribution in [0.25, 0.3) is 0 Å². The third kappa shape index (κ3) is 5.27. The van der Waals surface area contributed by atoms with Gasteiger partial charge in [-0.25, -0.2) is 0 Å². The highest BCUT2D eigenvalue weighted by Crippen LogP contribution is 2.23. The third-order valence-electron chi connectivity index (χ3n) is 3.49. The summed E-state index contributed by atoms with van der Waals surface area (Å²) in [6.07, 6.45) is 0. The molecule has 0 heterocycles. The first-order valence-corrected chi connectivity index (χ1v) is 8.08. The fraction of sp³-hybridized carbons (Fsp3) is 0.278. The van der Waals surface area contributed by atoms with Crippen LogP contribution in [0.15, 0.2) is 48.5 Å². The van der Waals surface area contributed by atoms with E-state index in [1.807, 2.05) is 67.7 Å². The maximum Gasteiger partial charge on any atom is 0.279 e. The smallest absolute Gasteiger partial charge is 0.279 e. The molecule has 2 rings (SSSR count). The van der Waals surface area contributed by atoms with E-state index in [1.54, 1.807) is 0 Å². The Bertz CT molecular complexity index is 661. The van der Waals surface area contributed by atoms with Crippen LogP contribution >= 0.6 is 11.6 Å². The molecular formula is C18H22ClN2O2+. The molecule has 4 nitrogen and oxygen atoms in total. The van der Waals surface area contributed by atoms with E-state index in [-0.39, 0.29) is 11.9 Å². The summed E-state index contributed by atoms with van der Waals surface area (Å²) < 4.78 is 5.51. The van der Waals surface area contributed by atoms with Crippen molar-refractivity contribution in [1.82, 2.24) is 0 Å². The summed E-state index contributed by atoms with van der Waals surface area (Å²) in [6.45, 7) is 4.85. The van der Waals surface area contributed by atoms with Gasteiger partial charge in [-0.05, 0) is 38.1 Å². The number of carbonyl (C=O) groups is 1. The molecule has 1 atom stereocenters. The highest BCUT2D eigenvalue weighted by Gasteiger charge is 2.13. The number of para-hydroxylation sites is 2. The monoisotopic (exact) mass is 333 g/mol. The molecule has 122 valence electrons. The van der Waals surface area contributed by atoms with Gasteiger partial charge >= 0.3 is 0 Å². The first-order valence-electron chi connectivity index (χ1n) is 7.70. The molecule has 2 aromatic carbocycles. The Morgan fingerprint density at radius 2 is 2.04 bits per heavy atom. The average Bonchev–Trinajstić information content (AvgIpc) is 2.54. The summed E-state index contributed by atoms with van der Waals surface area (Å²) in [7, 11) is 0. The van der Waals surface area contributed by atoms with Crippen molar-refractivity contribution >= 4 is 23.2 Å². The van der Waals surface area contributed by atoms with E-state index in [2.05, 4.69) is 5.32 Å². The Morgan fingerprint density at radius 3 is 2.78 bits per heavy atom. The van der Waals surface area contributed by atoms with Gasteiger partial charge in [-0.3, -0.25) is 4.79 Å². The lowest BCUT2D eigenvalue weighted by molar-refractivity contribution is -0.682. The van der Waals surface area contributed by atoms with Crippen LogP contribution in [0.4, 0.5) is 5.69 Å². The number of rotatable bonds is 7. The number of nitrogens with two attached hydrogens (primary N) is 1. The minimum atomic E-state index is -0.0639. The van der Waals surface area contributed by atoms with E-state index in [9.17, 15) is 4.79 Å². The van der Waals surface area contributed by atoms with Crippen LogP contribution < -0.4 is 15.4 Å². The Balaban J connectivity index is 1.90. The molecule has 0 bridgehead atoms. The van der Waals surface area contributed by atoms with Gasteiger partial charge in [0.25, 0.3) is 5.91 Å². The molecule has 0 saturated heterocycles. The number of hydrogen-bond donors (Lipinski definition) is 2. The van der Waals surface area contributed by atoms with E-state index in [4.69, 9.17) is 16.3 Å². The van der Waals surface area contributed by atoms with Gasteiger partial charge in [0.05, 0.1) is 12.3 Å². The zero-order chi connectivity index (χ0) is 16.7. The highest BCUT2D eigenvalue weighted by molar-refractivity contribution is 6.30. The number of anilines is 1. The molecule has 0 aliphatic rings. The number of amides is 1. The molecule has 0 fully saturated rings. The van der Waals surface area contributed by atoms with Crippen molar-refractivity contribution in [1.29, 1.82) is 0 Å². The van der Waals surface area contributed by atoms with Gasteiger partial charge in [-0.2, -0.15) is 0 Å². The van der Waals surface area contributed by atoms with Crippen molar-refractivity contribution < 1.29 is 14.8 Å². The molecule has 0 aliphatic heterocycles. The van der Waals surface area contributed by atoms with E-state index in [1.165, 1.54) is 0 Å². The second-order valence-corrected chi connectivity index (χ2v) is 5.70. The zero-order valence-corrected chi connectivity index (χ0v) is 14.1. The third-order valence-corrected chi connectivity index (χ3v) is 3.73. The Hall–Kier alpha value is -2.04. The van der Waals surface area contributed by atoms with Crippen molar-refractivity contribution in [2.45, 2.75) is 19.9 Å². The number of halogens is 1. The molecule has 0 aromatic heterocycles. The summed E-state index contributed by atoms with van der Waals surface area (Å²) in [5.41, 5.74) is 1.79. The van der Waals surface area contributed by atoms with E-state index < -0.39 is 0 Å². The molecule has 5 heteroatoms.